The average molecular weight is 231 g/mol. The van der Waals surface area contributed by atoms with Gasteiger partial charge in [-0.25, -0.2) is 0 Å². The fourth-order valence-corrected chi connectivity index (χ4v) is 1.80. The fraction of sp³-hybridized carbons (Fsp3) is 0.909. The summed E-state index contributed by atoms with van der Waals surface area (Å²) in [5.74, 6) is -0.312. The first-order chi connectivity index (χ1) is 7.56. The number of rotatable bonds is 5. The molecule has 0 aromatic rings. The summed E-state index contributed by atoms with van der Waals surface area (Å²) in [6.45, 7) is 3.66. The Kier molecular flexibility index (Phi) is 4.70. The second kappa shape index (κ2) is 5.61. The first-order valence-electron chi connectivity index (χ1n) is 5.72. The van der Waals surface area contributed by atoms with E-state index in [1.807, 2.05) is 13.8 Å². The highest BCUT2D eigenvalue weighted by Crippen LogP contribution is 2.20. The second-order valence-electron chi connectivity index (χ2n) is 4.52. The Bertz CT molecular complexity index is 232. The van der Waals surface area contributed by atoms with Crippen molar-refractivity contribution in [2.75, 3.05) is 19.8 Å². The number of aliphatic hydroxyl groups excluding tert-OH is 2. The van der Waals surface area contributed by atoms with Crippen LogP contribution in [-0.4, -0.2) is 47.6 Å². The number of aliphatic hydroxyl groups is 2. The lowest BCUT2D eigenvalue weighted by atomic mass is 9.96. The zero-order chi connectivity index (χ0) is 12.2. The molecular formula is C11H21NO4. The smallest absolute Gasteiger partial charge is 0.226 e. The van der Waals surface area contributed by atoms with Crippen molar-refractivity contribution in [1.29, 1.82) is 0 Å². The van der Waals surface area contributed by atoms with E-state index >= 15 is 0 Å². The lowest BCUT2D eigenvalue weighted by molar-refractivity contribution is -0.128. The Morgan fingerprint density at radius 2 is 2.12 bits per heavy atom. The molecule has 2 unspecified atom stereocenters. The average Bonchev–Trinajstić information content (AvgIpc) is 2.73. The van der Waals surface area contributed by atoms with Gasteiger partial charge < -0.3 is 20.3 Å². The fourth-order valence-electron chi connectivity index (χ4n) is 1.80. The molecule has 1 amide bonds. The van der Waals surface area contributed by atoms with Gasteiger partial charge in [0.15, 0.2) is 0 Å². The van der Waals surface area contributed by atoms with Crippen LogP contribution < -0.4 is 5.32 Å². The molecule has 1 saturated heterocycles. The van der Waals surface area contributed by atoms with Gasteiger partial charge in [-0.05, 0) is 19.8 Å². The highest BCUT2D eigenvalue weighted by molar-refractivity contribution is 5.80. The maximum Gasteiger partial charge on any atom is 0.226 e. The number of hydrogen-bond acceptors (Lipinski definition) is 4. The number of ether oxygens (including phenoxy) is 1. The van der Waals surface area contributed by atoms with E-state index in [9.17, 15) is 15.0 Å². The van der Waals surface area contributed by atoms with Crippen LogP contribution in [0.4, 0.5) is 0 Å². The predicted octanol–water partition coefficient (Wildman–Crippen LogP) is -0.339. The van der Waals surface area contributed by atoms with Crippen LogP contribution in [0.25, 0.3) is 0 Å². The summed E-state index contributed by atoms with van der Waals surface area (Å²) in [5, 5.41) is 21.2. The maximum absolute atomic E-state index is 11.9. The molecule has 0 bridgehead atoms. The van der Waals surface area contributed by atoms with Crippen molar-refractivity contribution >= 4 is 5.91 Å². The largest absolute Gasteiger partial charge is 0.394 e. The van der Waals surface area contributed by atoms with E-state index < -0.39 is 5.54 Å². The summed E-state index contributed by atoms with van der Waals surface area (Å²) in [6.07, 6.45) is 1.30. The SMILES string of the molecule is CCC(CO)(CO)NC(=O)C1COC(C)C1. The molecule has 3 N–H and O–H groups in total. The number of carbonyl (C=O) groups is 1. The molecule has 0 spiro atoms. The molecule has 0 aromatic carbocycles. The van der Waals surface area contributed by atoms with E-state index in [4.69, 9.17) is 4.74 Å². The topological polar surface area (TPSA) is 78.8 Å². The van der Waals surface area contributed by atoms with Gasteiger partial charge in [0.05, 0.1) is 37.4 Å². The van der Waals surface area contributed by atoms with Gasteiger partial charge in [0, 0.05) is 0 Å². The van der Waals surface area contributed by atoms with Crippen molar-refractivity contribution in [2.24, 2.45) is 5.92 Å². The van der Waals surface area contributed by atoms with Crippen molar-refractivity contribution in [1.82, 2.24) is 5.32 Å². The van der Waals surface area contributed by atoms with Crippen LogP contribution in [0.15, 0.2) is 0 Å². The monoisotopic (exact) mass is 231 g/mol. The summed E-state index contributed by atoms with van der Waals surface area (Å²) in [6, 6.07) is 0. The lowest BCUT2D eigenvalue weighted by Gasteiger charge is -2.30. The summed E-state index contributed by atoms with van der Waals surface area (Å²) >= 11 is 0. The van der Waals surface area contributed by atoms with E-state index in [1.54, 1.807) is 0 Å². The molecule has 1 fully saturated rings. The summed E-state index contributed by atoms with van der Waals surface area (Å²) in [4.78, 5) is 11.9. The van der Waals surface area contributed by atoms with Crippen LogP contribution in [0.3, 0.4) is 0 Å². The lowest BCUT2D eigenvalue weighted by Crippen LogP contribution is -2.55. The first kappa shape index (κ1) is 13.4. The molecule has 0 aliphatic carbocycles. The van der Waals surface area contributed by atoms with Crippen molar-refractivity contribution in [3.63, 3.8) is 0 Å². The summed E-state index contributed by atoms with van der Waals surface area (Å²) < 4.78 is 5.32. The van der Waals surface area contributed by atoms with Gasteiger partial charge in [-0.3, -0.25) is 4.79 Å². The molecule has 1 aliphatic heterocycles. The molecule has 5 heteroatoms. The van der Waals surface area contributed by atoms with Gasteiger partial charge in [0.1, 0.15) is 0 Å². The normalized spacial score (nSPS) is 25.8. The molecular weight excluding hydrogens is 210 g/mol. The number of carbonyl (C=O) groups excluding carboxylic acids is 1. The van der Waals surface area contributed by atoms with Crippen molar-refractivity contribution in [3.8, 4) is 0 Å². The zero-order valence-electron chi connectivity index (χ0n) is 9.90. The van der Waals surface area contributed by atoms with Crippen LogP contribution in [0.5, 0.6) is 0 Å². The third-order valence-electron chi connectivity index (χ3n) is 3.24. The van der Waals surface area contributed by atoms with E-state index in [0.717, 1.165) is 0 Å². The molecule has 1 heterocycles. The summed E-state index contributed by atoms with van der Waals surface area (Å²) in [5.41, 5.74) is -0.900. The number of hydrogen-bond donors (Lipinski definition) is 3. The van der Waals surface area contributed by atoms with Gasteiger partial charge >= 0.3 is 0 Å². The molecule has 1 rings (SSSR count). The van der Waals surface area contributed by atoms with Crippen molar-refractivity contribution in [2.45, 2.75) is 38.3 Å². The van der Waals surface area contributed by atoms with E-state index in [2.05, 4.69) is 5.32 Å². The number of nitrogens with one attached hydrogen (secondary N) is 1. The van der Waals surface area contributed by atoms with Gasteiger partial charge in [-0.15, -0.1) is 0 Å². The minimum atomic E-state index is -0.900. The minimum Gasteiger partial charge on any atom is -0.394 e. The third-order valence-corrected chi connectivity index (χ3v) is 3.24. The van der Waals surface area contributed by atoms with Crippen molar-refractivity contribution in [3.05, 3.63) is 0 Å². The van der Waals surface area contributed by atoms with Crippen LogP contribution in [-0.2, 0) is 9.53 Å². The standard InChI is InChI=1S/C11H21NO4/c1-3-11(6-13,7-14)12-10(15)9-4-8(2)16-5-9/h8-9,13-14H,3-7H2,1-2H3,(H,12,15). The van der Waals surface area contributed by atoms with Crippen LogP contribution in [0, 0.1) is 5.92 Å². The van der Waals surface area contributed by atoms with Crippen LogP contribution >= 0.6 is 0 Å². The van der Waals surface area contributed by atoms with Crippen LogP contribution in [0.2, 0.25) is 0 Å². The highest BCUT2D eigenvalue weighted by Gasteiger charge is 2.34. The zero-order valence-corrected chi connectivity index (χ0v) is 9.90. The van der Waals surface area contributed by atoms with E-state index in [-0.39, 0.29) is 31.1 Å². The molecule has 5 nitrogen and oxygen atoms in total. The molecule has 2 atom stereocenters. The Balaban J connectivity index is 2.55. The van der Waals surface area contributed by atoms with Crippen LogP contribution in [0.1, 0.15) is 26.7 Å². The number of amides is 1. The molecule has 0 aromatic heterocycles. The first-order valence-corrected chi connectivity index (χ1v) is 5.72. The predicted molar refractivity (Wildman–Crippen MR) is 58.9 cm³/mol. The minimum absolute atomic E-state index is 0.107. The maximum atomic E-state index is 11.9. The quantitative estimate of drug-likeness (QED) is 0.605. The van der Waals surface area contributed by atoms with Gasteiger partial charge in [0.2, 0.25) is 5.91 Å². The third kappa shape index (κ3) is 2.93. The Labute approximate surface area is 95.8 Å². The Hall–Kier alpha value is -0.650. The Morgan fingerprint density at radius 1 is 1.50 bits per heavy atom. The van der Waals surface area contributed by atoms with Gasteiger partial charge in [0.25, 0.3) is 0 Å². The highest BCUT2D eigenvalue weighted by atomic mass is 16.5. The second-order valence-corrected chi connectivity index (χ2v) is 4.52. The molecule has 0 radical (unpaired) electrons. The van der Waals surface area contributed by atoms with E-state index in [0.29, 0.717) is 19.4 Å². The van der Waals surface area contributed by atoms with Gasteiger partial charge in [-0.1, -0.05) is 6.92 Å². The Morgan fingerprint density at radius 3 is 2.50 bits per heavy atom. The van der Waals surface area contributed by atoms with Crippen molar-refractivity contribution < 1.29 is 19.7 Å². The van der Waals surface area contributed by atoms with E-state index in [1.165, 1.54) is 0 Å². The molecule has 1 aliphatic rings. The summed E-state index contributed by atoms with van der Waals surface area (Å²) in [7, 11) is 0. The molecule has 94 valence electrons. The van der Waals surface area contributed by atoms with Gasteiger partial charge in [-0.2, -0.15) is 0 Å². The molecule has 0 saturated carbocycles. The molecule has 16 heavy (non-hydrogen) atoms.